The Morgan fingerprint density at radius 3 is 2.15 bits per heavy atom. The third-order valence-electron chi connectivity index (χ3n) is 3.44. The van der Waals surface area contributed by atoms with E-state index in [0.29, 0.717) is 12.0 Å². The summed E-state index contributed by atoms with van der Waals surface area (Å²) in [6.45, 7) is 5.56. The topological polar surface area (TPSA) is 26.0 Å². The first-order chi connectivity index (χ1) is 9.38. The van der Waals surface area contributed by atoms with E-state index in [-0.39, 0.29) is 5.56 Å². The molecular formula is C17H19F2N. The van der Waals surface area contributed by atoms with Crippen molar-refractivity contribution in [3.05, 3.63) is 69.8 Å². The van der Waals surface area contributed by atoms with Crippen LogP contribution < -0.4 is 5.73 Å². The SMILES string of the molecule is Cc1cc(C)cc(CC(N)c2ccc(C)c(F)c2F)c1. The molecule has 0 bridgehead atoms. The largest absolute Gasteiger partial charge is 0.324 e. The van der Waals surface area contributed by atoms with E-state index >= 15 is 0 Å². The summed E-state index contributed by atoms with van der Waals surface area (Å²) < 4.78 is 27.5. The van der Waals surface area contributed by atoms with Crippen LogP contribution in [0.5, 0.6) is 0 Å². The van der Waals surface area contributed by atoms with E-state index in [1.807, 2.05) is 26.0 Å². The molecule has 0 aromatic heterocycles. The van der Waals surface area contributed by atoms with Crippen LogP contribution in [0.3, 0.4) is 0 Å². The van der Waals surface area contributed by atoms with Crippen molar-refractivity contribution >= 4 is 0 Å². The number of hydrogen-bond acceptors (Lipinski definition) is 1. The summed E-state index contributed by atoms with van der Waals surface area (Å²) >= 11 is 0. The van der Waals surface area contributed by atoms with Crippen molar-refractivity contribution in [2.24, 2.45) is 5.73 Å². The zero-order chi connectivity index (χ0) is 14.9. The number of benzene rings is 2. The Hall–Kier alpha value is -1.74. The van der Waals surface area contributed by atoms with Gasteiger partial charge in [0, 0.05) is 11.6 Å². The molecule has 20 heavy (non-hydrogen) atoms. The number of rotatable bonds is 3. The van der Waals surface area contributed by atoms with Crippen molar-refractivity contribution in [2.75, 3.05) is 0 Å². The van der Waals surface area contributed by atoms with Crippen molar-refractivity contribution in [3.63, 3.8) is 0 Å². The minimum absolute atomic E-state index is 0.229. The zero-order valence-corrected chi connectivity index (χ0v) is 12.0. The van der Waals surface area contributed by atoms with Crippen LogP contribution >= 0.6 is 0 Å². The van der Waals surface area contributed by atoms with Crippen LogP contribution in [0.1, 0.15) is 33.9 Å². The fraction of sp³-hybridized carbons (Fsp3) is 0.294. The molecule has 0 heterocycles. The minimum atomic E-state index is -0.832. The van der Waals surface area contributed by atoms with Crippen LogP contribution in [-0.4, -0.2) is 0 Å². The summed E-state index contributed by atoms with van der Waals surface area (Å²) in [5.74, 6) is -1.64. The molecule has 2 aromatic carbocycles. The molecule has 0 aliphatic rings. The molecule has 0 amide bonds. The Bertz CT molecular complexity index is 615. The highest BCUT2D eigenvalue weighted by Gasteiger charge is 2.17. The number of hydrogen-bond donors (Lipinski definition) is 1. The summed E-state index contributed by atoms with van der Waals surface area (Å²) in [7, 11) is 0. The molecule has 2 N–H and O–H groups in total. The Morgan fingerprint density at radius 1 is 0.950 bits per heavy atom. The van der Waals surface area contributed by atoms with Gasteiger partial charge in [-0.2, -0.15) is 0 Å². The monoisotopic (exact) mass is 275 g/mol. The summed E-state index contributed by atoms with van der Waals surface area (Å²) in [5.41, 5.74) is 9.89. The second-order valence-electron chi connectivity index (χ2n) is 5.41. The number of halogens is 2. The Labute approximate surface area is 118 Å². The number of nitrogens with two attached hydrogens (primary N) is 1. The minimum Gasteiger partial charge on any atom is -0.324 e. The summed E-state index contributed by atoms with van der Waals surface area (Å²) in [6.07, 6.45) is 0.488. The Morgan fingerprint density at radius 2 is 1.55 bits per heavy atom. The van der Waals surface area contributed by atoms with Crippen LogP contribution in [-0.2, 0) is 6.42 Å². The fourth-order valence-electron chi connectivity index (χ4n) is 2.50. The van der Waals surface area contributed by atoms with E-state index < -0.39 is 17.7 Å². The molecule has 0 radical (unpaired) electrons. The predicted octanol–water partition coefficient (Wildman–Crippen LogP) is 4.13. The normalized spacial score (nSPS) is 12.5. The second-order valence-corrected chi connectivity index (χ2v) is 5.41. The fourth-order valence-corrected chi connectivity index (χ4v) is 2.50. The Balaban J connectivity index is 2.28. The number of aryl methyl sites for hydroxylation is 3. The molecular weight excluding hydrogens is 256 g/mol. The maximum absolute atomic E-state index is 13.9. The molecule has 106 valence electrons. The first-order valence-electron chi connectivity index (χ1n) is 6.65. The summed E-state index contributed by atoms with van der Waals surface area (Å²) in [6, 6.07) is 8.70. The van der Waals surface area contributed by atoms with Crippen molar-refractivity contribution in [3.8, 4) is 0 Å². The van der Waals surface area contributed by atoms with Gasteiger partial charge in [0.2, 0.25) is 0 Å². The van der Waals surface area contributed by atoms with Gasteiger partial charge in [-0.3, -0.25) is 0 Å². The highest BCUT2D eigenvalue weighted by atomic mass is 19.2. The lowest BCUT2D eigenvalue weighted by molar-refractivity contribution is 0.483. The molecule has 0 aliphatic heterocycles. The van der Waals surface area contributed by atoms with E-state index in [2.05, 4.69) is 6.07 Å². The molecule has 0 saturated carbocycles. The van der Waals surface area contributed by atoms with E-state index in [1.165, 1.54) is 6.92 Å². The smallest absolute Gasteiger partial charge is 0.163 e. The summed E-state index contributed by atoms with van der Waals surface area (Å²) in [4.78, 5) is 0. The molecule has 3 heteroatoms. The van der Waals surface area contributed by atoms with E-state index in [1.54, 1.807) is 12.1 Å². The lowest BCUT2D eigenvalue weighted by atomic mass is 9.96. The van der Waals surface area contributed by atoms with Gasteiger partial charge in [-0.25, -0.2) is 8.78 Å². The van der Waals surface area contributed by atoms with Crippen molar-refractivity contribution in [2.45, 2.75) is 33.2 Å². The van der Waals surface area contributed by atoms with E-state index in [9.17, 15) is 8.78 Å². The van der Waals surface area contributed by atoms with Crippen LogP contribution in [0.2, 0.25) is 0 Å². The van der Waals surface area contributed by atoms with Crippen molar-refractivity contribution in [1.82, 2.24) is 0 Å². The maximum Gasteiger partial charge on any atom is 0.163 e. The second kappa shape index (κ2) is 5.71. The molecule has 1 nitrogen and oxygen atoms in total. The molecule has 0 aliphatic carbocycles. The highest BCUT2D eigenvalue weighted by molar-refractivity contribution is 5.32. The quantitative estimate of drug-likeness (QED) is 0.895. The van der Waals surface area contributed by atoms with Crippen LogP contribution in [0.4, 0.5) is 8.78 Å². The maximum atomic E-state index is 13.9. The lowest BCUT2D eigenvalue weighted by Crippen LogP contribution is -2.16. The van der Waals surface area contributed by atoms with Crippen LogP contribution in [0, 0.1) is 32.4 Å². The molecule has 2 rings (SSSR count). The molecule has 0 saturated heterocycles. The van der Waals surface area contributed by atoms with Crippen molar-refractivity contribution < 1.29 is 8.78 Å². The molecule has 0 fully saturated rings. The van der Waals surface area contributed by atoms with Crippen LogP contribution in [0.15, 0.2) is 30.3 Å². The Kier molecular flexibility index (Phi) is 4.19. The molecule has 1 unspecified atom stereocenters. The highest BCUT2D eigenvalue weighted by Crippen LogP contribution is 2.23. The third kappa shape index (κ3) is 3.05. The predicted molar refractivity (Wildman–Crippen MR) is 77.6 cm³/mol. The van der Waals surface area contributed by atoms with Gasteiger partial charge in [0.15, 0.2) is 11.6 Å². The van der Waals surface area contributed by atoms with Gasteiger partial charge in [0.25, 0.3) is 0 Å². The van der Waals surface area contributed by atoms with E-state index in [0.717, 1.165) is 16.7 Å². The van der Waals surface area contributed by atoms with Gasteiger partial charge in [0.05, 0.1) is 0 Å². The lowest BCUT2D eigenvalue weighted by Gasteiger charge is -2.15. The summed E-state index contributed by atoms with van der Waals surface area (Å²) in [5, 5.41) is 0. The van der Waals surface area contributed by atoms with Gasteiger partial charge < -0.3 is 5.73 Å². The van der Waals surface area contributed by atoms with Gasteiger partial charge in [0.1, 0.15) is 0 Å². The van der Waals surface area contributed by atoms with E-state index in [4.69, 9.17) is 5.73 Å². The first-order valence-corrected chi connectivity index (χ1v) is 6.65. The molecule has 2 aromatic rings. The van der Waals surface area contributed by atoms with Gasteiger partial charge in [-0.05, 0) is 38.3 Å². The zero-order valence-electron chi connectivity index (χ0n) is 12.0. The van der Waals surface area contributed by atoms with Gasteiger partial charge >= 0.3 is 0 Å². The molecule has 0 spiro atoms. The average Bonchev–Trinajstić information content (AvgIpc) is 2.34. The average molecular weight is 275 g/mol. The van der Waals surface area contributed by atoms with Gasteiger partial charge in [-0.15, -0.1) is 0 Å². The first kappa shape index (κ1) is 14.7. The van der Waals surface area contributed by atoms with Crippen LogP contribution in [0.25, 0.3) is 0 Å². The standard InChI is InChI=1S/C17H19F2N/c1-10-6-11(2)8-13(7-10)9-15(20)14-5-4-12(3)16(18)17(14)19/h4-8,15H,9,20H2,1-3H3. The van der Waals surface area contributed by atoms with Crippen molar-refractivity contribution in [1.29, 1.82) is 0 Å². The molecule has 1 atom stereocenters. The third-order valence-corrected chi connectivity index (χ3v) is 3.44. The van der Waals surface area contributed by atoms with Gasteiger partial charge in [-0.1, -0.05) is 41.5 Å².